The molecule has 44 heavy (non-hydrogen) atoms. The number of benzene rings is 2. The topological polar surface area (TPSA) is 123 Å². The first kappa shape index (κ1) is 34.8. The van der Waals surface area contributed by atoms with Crippen molar-refractivity contribution in [2.45, 2.75) is 13.8 Å². The van der Waals surface area contributed by atoms with Crippen molar-refractivity contribution in [1.29, 1.82) is 0 Å². The van der Waals surface area contributed by atoms with Gasteiger partial charge in [0.05, 0.1) is 50.6 Å². The quantitative estimate of drug-likeness (QED) is 0.0873. The van der Waals surface area contributed by atoms with Crippen LogP contribution in [0, 0.1) is 0 Å². The second-order valence-corrected chi connectivity index (χ2v) is 9.51. The van der Waals surface area contributed by atoms with Crippen LogP contribution in [0.2, 0.25) is 0 Å². The van der Waals surface area contributed by atoms with Crippen molar-refractivity contribution < 1.29 is 51.8 Å². The maximum absolute atomic E-state index is 13.8. The zero-order valence-electron chi connectivity index (χ0n) is 26.0. The van der Waals surface area contributed by atoms with E-state index in [1.807, 2.05) is 19.9 Å². The Morgan fingerprint density at radius 3 is 1.89 bits per heavy atom. The van der Waals surface area contributed by atoms with Gasteiger partial charge in [-0.3, -0.25) is 4.79 Å². The van der Waals surface area contributed by atoms with Gasteiger partial charge in [0.15, 0.2) is 31.9 Å². The lowest BCUT2D eigenvalue weighted by Gasteiger charge is -2.18. The van der Waals surface area contributed by atoms with Crippen molar-refractivity contribution >= 4 is 11.0 Å². The summed E-state index contributed by atoms with van der Waals surface area (Å²) in [6.07, 6.45) is 3.31. The Hall–Kier alpha value is -3.65. The fourth-order valence-electron chi connectivity index (χ4n) is 3.70. The Balaban J connectivity index is 1.96. The number of hydrogen-bond donors (Lipinski definition) is 0. The second kappa shape index (κ2) is 19.6. The first-order valence-electron chi connectivity index (χ1n) is 14.1. The van der Waals surface area contributed by atoms with Crippen LogP contribution >= 0.6 is 0 Å². The Labute approximate surface area is 257 Å². The van der Waals surface area contributed by atoms with Gasteiger partial charge in [0, 0.05) is 39.0 Å². The Kier molecular flexibility index (Phi) is 15.5. The highest BCUT2D eigenvalue weighted by Crippen LogP contribution is 2.40. The molecule has 3 aromatic rings. The largest absolute Gasteiger partial charge is 0.486 e. The molecule has 0 saturated heterocycles. The number of rotatable bonds is 22. The molecule has 2 aromatic carbocycles. The van der Waals surface area contributed by atoms with Gasteiger partial charge in [-0.1, -0.05) is 5.57 Å². The summed E-state index contributed by atoms with van der Waals surface area (Å²) in [5.41, 5.74) is 1.86. The van der Waals surface area contributed by atoms with Crippen LogP contribution in [-0.2, 0) is 28.4 Å². The fraction of sp³-hybridized carbons (Fsp3) is 0.469. The van der Waals surface area contributed by atoms with Crippen LogP contribution in [0.1, 0.15) is 13.8 Å². The SMILES string of the molecule is COCCOCOc1ccc2c(=O)c(-c3cc(OCC=C(C)C)c(OCOCCOC)cc3OCOCCOC)coc2c1. The molecule has 0 unspecified atom stereocenters. The van der Waals surface area contributed by atoms with Crippen molar-refractivity contribution in [3.8, 4) is 34.1 Å². The van der Waals surface area contributed by atoms with Gasteiger partial charge in [-0.05, 0) is 38.1 Å². The van der Waals surface area contributed by atoms with E-state index in [1.54, 1.807) is 51.7 Å². The summed E-state index contributed by atoms with van der Waals surface area (Å²) in [6, 6.07) is 8.27. The predicted octanol–water partition coefficient (Wildman–Crippen LogP) is 4.80. The van der Waals surface area contributed by atoms with Crippen LogP contribution in [0.15, 0.2) is 57.5 Å². The van der Waals surface area contributed by atoms with E-state index in [1.165, 1.54) is 6.26 Å². The van der Waals surface area contributed by atoms with E-state index in [2.05, 4.69) is 0 Å². The first-order valence-corrected chi connectivity index (χ1v) is 14.1. The Morgan fingerprint density at radius 2 is 1.27 bits per heavy atom. The summed E-state index contributed by atoms with van der Waals surface area (Å²) in [6.45, 7) is 6.48. The third kappa shape index (κ3) is 11.1. The van der Waals surface area contributed by atoms with E-state index in [-0.39, 0.29) is 38.0 Å². The molecule has 0 aliphatic heterocycles. The van der Waals surface area contributed by atoms with Crippen molar-refractivity contribution in [2.24, 2.45) is 0 Å². The molecule has 0 atom stereocenters. The molecule has 242 valence electrons. The summed E-state index contributed by atoms with van der Waals surface area (Å²) >= 11 is 0. The summed E-state index contributed by atoms with van der Waals surface area (Å²) in [5.74, 6) is 1.56. The predicted molar refractivity (Wildman–Crippen MR) is 163 cm³/mol. The smallest absolute Gasteiger partial charge is 0.200 e. The van der Waals surface area contributed by atoms with Crippen LogP contribution < -0.4 is 24.4 Å². The summed E-state index contributed by atoms with van der Waals surface area (Å²) in [7, 11) is 4.77. The van der Waals surface area contributed by atoms with Crippen molar-refractivity contribution in [1.82, 2.24) is 0 Å². The number of hydrogen-bond acceptors (Lipinski definition) is 12. The fourth-order valence-corrected chi connectivity index (χ4v) is 3.70. The maximum Gasteiger partial charge on any atom is 0.200 e. The molecule has 1 aromatic heterocycles. The van der Waals surface area contributed by atoms with E-state index in [0.717, 1.165) is 5.57 Å². The van der Waals surface area contributed by atoms with Gasteiger partial charge in [0.25, 0.3) is 0 Å². The van der Waals surface area contributed by atoms with Crippen LogP contribution in [0.3, 0.4) is 0 Å². The minimum Gasteiger partial charge on any atom is -0.486 e. The van der Waals surface area contributed by atoms with Crippen LogP contribution in [0.4, 0.5) is 0 Å². The van der Waals surface area contributed by atoms with Gasteiger partial charge in [-0.25, -0.2) is 0 Å². The molecule has 0 radical (unpaired) electrons. The molecule has 1 heterocycles. The molecule has 12 heteroatoms. The molecule has 0 amide bonds. The van der Waals surface area contributed by atoms with Gasteiger partial charge in [-0.2, -0.15) is 0 Å². The highest BCUT2D eigenvalue weighted by molar-refractivity contribution is 5.84. The monoisotopic (exact) mass is 618 g/mol. The maximum atomic E-state index is 13.8. The lowest BCUT2D eigenvalue weighted by Crippen LogP contribution is -2.12. The van der Waals surface area contributed by atoms with E-state index < -0.39 is 0 Å². The zero-order valence-corrected chi connectivity index (χ0v) is 26.0. The van der Waals surface area contributed by atoms with Crippen molar-refractivity contribution in [3.63, 3.8) is 0 Å². The summed E-state index contributed by atoms with van der Waals surface area (Å²) < 4.78 is 60.8. The van der Waals surface area contributed by atoms with Crippen molar-refractivity contribution in [3.05, 3.63) is 58.5 Å². The molecule has 12 nitrogen and oxygen atoms in total. The van der Waals surface area contributed by atoms with Gasteiger partial charge >= 0.3 is 0 Å². The minimum absolute atomic E-state index is 0.0334. The Morgan fingerprint density at radius 1 is 0.682 bits per heavy atom. The van der Waals surface area contributed by atoms with Crippen molar-refractivity contribution in [2.75, 3.05) is 88.0 Å². The second-order valence-electron chi connectivity index (χ2n) is 9.51. The van der Waals surface area contributed by atoms with Gasteiger partial charge in [0.1, 0.15) is 30.0 Å². The molecular weight excluding hydrogens is 576 g/mol. The number of methoxy groups -OCH3 is 3. The van der Waals surface area contributed by atoms with Crippen LogP contribution in [0.25, 0.3) is 22.1 Å². The molecule has 0 N–H and O–H groups in total. The molecule has 0 saturated carbocycles. The van der Waals surface area contributed by atoms with E-state index in [0.29, 0.717) is 79.2 Å². The molecular formula is C32H42O12. The average molecular weight is 619 g/mol. The number of allylic oxidation sites excluding steroid dienone is 1. The van der Waals surface area contributed by atoms with E-state index in [4.69, 9.17) is 51.8 Å². The van der Waals surface area contributed by atoms with Gasteiger partial charge < -0.3 is 51.8 Å². The molecule has 0 fully saturated rings. The average Bonchev–Trinajstić information content (AvgIpc) is 3.01. The third-order valence-electron chi connectivity index (χ3n) is 6.01. The van der Waals surface area contributed by atoms with E-state index >= 15 is 0 Å². The summed E-state index contributed by atoms with van der Waals surface area (Å²) in [4.78, 5) is 13.8. The number of fused-ring (bicyclic) bond motifs is 1. The highest BCUT2D eigenvalue weighted by Gasteiger charge is 2.20. The summed E-state index contributed by atoms with van der Waals surface area (Å²) in [5, 5.41) is 0.358. The van der Waals surface area contributed by atoms with Crippen LogP contribution in [-0.4, -0.2) is 88.0 Å². The zero-order chi connectivity index (χ0) is 31.6. The van der Waals surface area contributed by atoms with Gasteiger partial charge in [-0.15, -0.1) is 0 Å². The normalized spacial score (nSPS) is 11.0. The Bertz CT molecular complexity index is 1360. The molecule has 3 rings (SSSR count). The van der Waals surface area contributed by atoms with E-state index in [9.17, 15) is 4.79 Å². The highest BCUT2D eigenvalue weighted by atomic mass is 16.7. The lowest BCUT2D eigenvalue weighted by atomic mass is 10.0. The lowest BCUT2D eigenvalue weighted by molar-refractivity contribution is -0.0122. The standard InChI is InChI=1S/C32H42O12/c1-23(2)8-9-40-30-17-26(29(43-21-38-14-11-35-4)18-31(30)44-22-39-15-12-36-5)27-19-41-28-16-24(6-7-25(28)32(27)33)42-20-37-13-10-34-3/h6-8,16-19H,9-15,20-22H2,1-5H3. The third-order valence-corrected chi connectivity index (χ3v) is 6.01. The molecule has 0 aliphatic rings. The molecule has 0 bridgehead atoms. The van der Waals surface area contributed by atoms with Crippen LogP contribution in [0.5, 0.6) is 23.0 Å². The van der Waals surface area contributed by atoms with Gasteiger partial charge in [0.2, 0.25) is 5.43 Å². The molecule has 0 spiro atoms. The molecule has 0 aliphatic carbocycles. The minimum atomic E-state index is -0.272. The number of ether oxygens (including phenoxy) is 10. The first-order chi connectivity index (χ1) is 21.5.